The predicted molar refractivity (Wildman–Crippen MR) is 156 cm³/mol. The summed E-state index contributed by atoms with van der Waals surface area (Å²) in [6.45, 7) is 3.86. The molecular weight excluding hydrogens is 541 g/mol. The SMILES string of the molecule is COCC(=O)[C@@]1(C#CC(F)(F)F)CC[C@H]2[C@@H]3CCC4=CC(N=O)CCC4=C3C(c3ccc(N4CCCC4)cc3)C[C@@]21C. The van der Waals surface area contributed by atoms with Crippen molar-refractivity contribution in [2.75, 3.05) is 31.7 Å². The van der Waals surface area contributed by atoms with Crippen LogP contribution in [0, 0.1) is 39.4 Å². The van der Waals surface area contributed by atoms with Crippen molar-refractivity contribution in [1.29, 1.82) is 0 Å². The number of nitroso groups, excluding NO2 is 1. The Labute approximate surface area is 245 Å². The first kappa shape index (κ1) is 29.2. The third-order valence-corrected chi connectivity index (χ3v) is 11.1. The van der Waals surface area contributed by atoms with Crippen LogP contribution in [0.3, 0.4) is 0 Å². The average Bonchev–Trinajstić information content (AvgIpc) is 3.62. The van der Waals surface area contributed by atoms with E-state index in [1.807, 2.05) is 13.0 Å². The number of rotatable bonds is 6. The van der Waals surface area contributed by atoms with E-state index in [2.05, 4.69) is 40.3 Å². The minimum atomic E-state index is -4.68. The largest absolute Gasteiger partial charge is 0.457 e. The van der Waals surface area contributed by atoms with Gasteiger partial charge in [0.2, 0.25) is 0 Å². The molecule has 1 heterocycles. The summed E-state index contributed by atoms with van der Waals surface area (Å²) in [5.74, 6) is 3.87. The fourth-order valence-electron chi connectivity index (χ4n) is 9.25. The highest BCUT2D eigenvalue weighted by atomic mass is 19.4. The molecule has 0 radical (unpaired) electrons. The number of alkyl halides is 3. The Morgan fingerprint density at radius 2 is 1.86 bits per heavy atom. The van der Waals surface area contributed by atoms with E-state index < -0.39 is 17.0 Å². The zero-order valence-electron chi connectivity index (χ0n) is 24.4. The Balaban J connectivity index is 1.49. The third kappa shape index (κ3) is 4.82. The van der Waals surface area contributed by atoms with Gasteiger partial charge in [0, 0.05) is 37.7 Å². The predicted octanol–water partition coefficient (Wildman–Crippen LogP) is 7.52. The molecule has 1 aliphatic heterocycles. The van der Waals surface area contributed by atoms with Crippen molar-refractivity contribution in [3.8, 4) is 11.8 Å². The Morgan fingerprint density at radius 3 is 2.52 bits per heavy atom. The van der Waals surface area contributed by atoms with E-state index in [9.17, 15) is 22.9 Å². The summed E-state index contributed by atoms with van der Waals surface area (Å²) in [6.07, 6.45) is 4.34. The summed E-state index contributed by atoms with van der Waals surface area (Å²) in [7, 11) is 1.41. The Bertz CT molecular complexity index is 1360. The number of fused-ring (bicyclic) bond motifs is 4. The second kappa shape index (κ2) is 11.0. The standard InChI is InChI=1S/C34H39F3N2O3/c1-32-20-28(22-5-9-25(10-6-22)39-17-3-4-18-39)31-26-12-8-24(38-41)19-23(26)7-11-27(31)29(32)13-14-33(32,30(40)21-42-2)15-16-34(35,36)37/h5-6,9-10,19,24,27-29H,3-4,7-8,11-14,17-18,20-21H2,1-2H3/t24?,27-,28?,29-,32-,33-/m0/s1. The van der Waals surface area contributed by atoms with Gasteiger partial charge in [-0.15, -0.1) is 0 Å². The van der Waals surface area contributed by atoms with Crippen molar-refractivity contribution in [3.05, 3.63) is 57.5 Å². The highest BCUT2D eigenvalue weighted by Crippen LogP contribution is 2.69. The molecule has 0 aromatic heterocycles. The molecule has 6 rings (SSSR count). The normalized spacial score (nSPS) is 34.1. The van der Waals surface area contributed by atoms with Crippen LogP contribution in [0.25, 0.3) is 0 Å². The molecule has 6 atom stereocenters. The van der Waals surface area contributed by atoms with Crippen LogP contribution in [-0.4, -0.2) is 44.8 Å². The molecule has 5 nitrogen and oxygen atoms in total. The molecule has 1 aromatic carbocycles. The van der Waals surface area contributed by atoms with Crippen molar-refractivity contribution in [1.82, 2.24) is 0 Å². The maximum Gasteiger partial charge on any atom is 0.457 e. The second-order valence-corrected chi connectivity index (χ2v) is 13.1. The summed E-state index contributed by atoms with van der Waals surface area (Å²) >= 11 is 0. The number of hydrogen-bond donors (Lipinski definition) is 0. The summed E-state index contributed by atoms with van der Waals surface area (Å²) in [5.41, 5.74) is 4.02. The van der Waals surface area contributed by atoms with E-state index in [4.69, 9.17) is 4.74 Å². The molecule has 1 aromatic rings. The number of hydrogen-bond acceptors (Lipinski definition) is 5. The third-order valence-electron chi connectivity index (χ3n) is 11.1. The van der Waals surface area contributed by atoms with Gasteiger partial charge >= 0.3 is 6.18 Å². The van der Waals surface area contributed by atoms with Gasteiger partial charge in [-0.2, -0.15) is 18.1 Å². The molecular formula is C34H39F3N2O3. The molecule has 0 N–H and O–H groups in total. The number of anilines is 1. The summed E-state index contributed by atoms with van der Waals surface area (Å²) in [6, 6.07) is 8.39. The van der Waals surface area contributed by atoms with Crippen molar-refractivity contribution < 1.29 is 22.7 Å². The maximum atomic E-state index is 13.8. The fraction of sp³-hybridized carbons (Fsp3) is 0.618. The van der Waals surface area contributed by atoms with Crippen molar-refractivity contribution in [2.24, 2.45) is 27.8 Å². The quantitative estimate of drug-likeness (QED) is 0.258. The molecule has 5 aliphatic rings. The van der Waals surface area contributed by atoms with Crippen molar-refractivity contribution >= 4 is 11.5 Å². The van der Waals surface area contributed by atoms with Crippen LogP contribution in [0.2, 0.25) is 0 Å². The lowest BCUT2D eigenvalue weighted by molar-refractivity contribution is -0.136. The zero-order chi connectivity index (χ0) is 29.7. The van der Waals surface area contributed by atoms with Crippen molar-refractivity contribution in [2.45, 2.75) is 82.8 Å². The lowest BCUT2D eigenvalue weighted by Crippen LogP contribution is -2.51. The summed E-state index contributed by atoms with van der Waals surface area (Å²) in [4.78, 5) is 27.6. The number of carbonyl (C=O) groups is 1. The molecule has 2 saturated carbocycles. The molecule has 3 fully saturated rings. The van der Waals surface area contributed by atoms with Gasteiger partial charge in [-0.25, -0.2) is 0 Å². The number of ketones is 1. The molecule has 0 bridgehead atoms. The zero-order valence-corrected chi connectivity index (χ0v) is 24.4. The van der Waals surface area contributed by atoms with Gasteiger partial charge in [-0.3, -0.25) is 4.79 Å². The number of allylic oxidation sites excluding steroid dienone is 3. The van der Waals surface area contributed by atoms with Gasteiger partial charge in [0.25, 0.3) is 0 Å². The van der Waals surface area contributed by atoms with E-state index in [-0.39, 0.29) is 36.2 Å². The van der Waals surface area contributed by atoms with Gasteiger partial charge < -0.3 is 9.64 Å². The molecule has 224 valence electrons. The lowest BCUT2D eigenvalue weighted by Gasteiger charge is -2.54. The van der Waals surface area contributed by atoms with E-state index in [1.165, 1.54) is 48.3 Å². The van der Waals surface area contributed by atoms with Gasteiger partial charge in [0.15, 0.2) is 5.78 Å². The topological polar surface area (TPSA) is 59.0 Å². The minimum Gasteiger partial charge on any atom is -0.377 e. The average molecular weight is 581 g/mol. The van der Waals surface area contributed by atoms with E-state index >= 15 is 0 Å². The molecule has 0 spiro atoms. The molecule has 8 heteroatoms. The first-order valence-corrected chi connectivity index (χ1v) is 15.3. The number of carbonyl (C=O) groups excluding carboxylic acids is 1. The number of nitrogens with zero attached hydrogens (tertiary/aromatic N) is 2. The van der Waals surface area contributed by atoms with Crippen LogP contribution >= 0.6 is 0 Å². The molecule has 4 aliphatic carbocycles. The molecule has 1 saturated heterocycles. The van der Waals surface area contributed by atoms with Crippen LogP contribution in [0.15, 0.2) is 52.2 Å². The maximum absolute atomic E-state index is 13.8. The van der Waals surface area contributed by atoms with Gasteiger partial charge in [0.05, 0.1) is 5.41 Å². The summed E-state index contributed by atoms with van der Waals surface area (Å²) < 4.78 is 45.8. The minimum absolute atomic E-state index is 0.0342. The lowest BCUT2D eigenvalue weighted by atomic mass is 9.48. The molecule has 42 heavy (non-hydrogen) atoms. The fourth-order valence-corrected chi connectivity index (χ4v) is 9.25. The second-order valence-electron chi connectivity index (χ2n) is 13.1. The van der Waals surface area contributed by atoms with Crippen molar-refractivity contribution in [3.63, 3.8) is 0 Å². The first-order chi connectivity index (χ1) is 20.1. The highest BCUT2D eigenvalue weighted by molar-refractivity contribution is 5.90. The van der Waals surface area contributed by atoms with E-state index in [1.54, 1.807) is 0 Å². The van der Waals surface area contributed by atoms with Gasteiger partial charge in [0.1, 0.15) is 12.6 Å². The number of halogens is 3. The van der Waals surface area contributed by atoms with E-state index in [0.717, 1.165) is 37.9 Å². The van der Waals surface area contributed by atoms with Crippen LogP contribution < -0.4 is 4.90 Å². The van der Waals surface area contributed by atoms with Gasteiger partial charge in [-0.05, 0) is 104 Å². The Kier molecular flexibility index (Phi) is 7.62. The Morgan fingerprint density at radius 1 is 1.12 bits per heavy atom. The molecule has 0 amide bonds. The van der Waals surface area contributed by atoms with E-state index in [0.29, 0.717) is 25.7 Å². The Hall–Kier alpha value is -2.92. The molecule has 2 unspecified atom stereocenters. The van der Waals surface area contributed by atoms with Gasteiger partial charge in [-0.1, -0.05) is 41.8 Å². The highest BCUT2D eigenvalue weighted by Gasteiger charge is 2.65. The summed E-state index contributed by atoms with van der Waals surface area (Å²) in [5, 5.41) is 3.32. The van der Waals surface area contributed by atoms with Crippen LogP contribution in [0.1, 0.15) is 76.2 Å². The smallest absolute Gasteiger partial charge is 0.377 e. The number of Topliss-reactive ketones (excluding diaryl/α,β-unsaturated/α-hetero) is 1. The van der Waals surface area contributed by atoms with Crippen LogP contribution in [0.4, 0.5) is 18.9 Å². The first-order valence-electron chi connectivity index (χ1n) is 15.3. The monoisotopic (exact) mass is 580 g/mol. The van der Waals surface area contributed by atoms with Crippen LogP contribution in [-0.2, 0) is 9.53 Å². The number of methoxy groups -OCH3 is 1. The number of benzene rings is 1. The van der Waals surface area contributed by atoms with Crippen LogP contribution in [0.5, 0.6) is 0 Å². The number of ether oxygens (including phenoxy) is 1.